The summed E-state index contributed by atoms with van der Waals surface area (Å²) in [6, 6.07) is 0.533. The highest BCUT2D eigenvalue weighted by Crippen LogP contribution is 2.37. The topological polar surface area (TPSA) is 36.3 Å². The van der Waals surface area contributed by atoms with E-state index in [0.717, 1.165) is 5.46 Å². The molecular weight excluding hydrogens is 251 g/mol. The summed E-state index contributed by atoms with van der Waals surface area (Å²) in [6.45, 7) is 10.6. The molecule has 1 aliphatic heterocycles. The molecule has 2 heterocycles. The highest BCUT2D eigenvalue weighted by atomic mass is 16.7. The summed E-state index contributed by atoms with van der Waals surface area (Å²) in [5.74, 6) is 0.709. The van der Waals surface area contributed by atoms with Crippen molar-refractivity contribution in [1.82, 2.24) is 9.78 Å². The molecule has 1 aromatic heterocycles. The van der Waals surface area contributed by atoms with Gasteiger partial charge in [0.15, 0.2) is 0 Å². The van der Waals surface area contributed by atoms with Gasteiger partial charge in [-0.1, -0.05) is 13.3 Å². The predicted octanol–water partition coefficient (Wildman–Crippen LogP) is 2.54. The van der Waals surface area contributed by atoms with Crippen molar-refractivity contribution in [3.05, 3.63) is 12.4 Å². The molecule has 5 heteroatoms. The Hall–Kier alpha value is -0.805. The molecule has 0 unspecified atom stereocenters. The third-order valence-electron chi connectivity index (χ3n) is 5.30. The summed E-state index contributed by atoms with van der Waals surface area (Å²) in [7, 11) is -0.301. The molecule has 2 atom stereocenters. The largest absolute Gasteiger partial charge is 0.498 e. The van der Waals surface area contributed by atoms with Crippen LogP contribution < -0.4 is 5.46 Å². The molecule has 4 nitrogen and oxygen atoms in total. The van der Waals surface area contributed by atoms with Crippen LogP contribution in [0.3, 0.4) is 0 Å². The Bertz CT molecular complexity index is 482. The second kappa shape index (κ2) is 4.60. The van der Waals surface area contributed by atoms with E-state index in [-0.39, 0.29) is 18.3 Å². The predicted molar refractivity (Wildman–Crippen MR) is 80.0 cm³/mol. The lowest BCUT2D eigenvalue weighted by Gasteiger charge is -2.32. The van der Waals surface area contributed by atoms with Crippen molar-refractivity contribution in [3.8, 4) is 0 Å². The molecule has 0 aromatic carbocycles. The fourth-order valence-corrected chi connectivity index (χ4v) is 3.15. The average Bonchev–Trinajstić information content (AvgIpc) is 2.98. The summed E-state index contributed by atoms with van der Waals surface area (Å²) in [5, 5.41) is 4.55. The minimum atomic E-state index is -0.301. The summed E-state index contributed by atoms with van der Waals surface area (Å²) >= 11 is 0. The molecule has 2 aliphatic rings. The molecule has 1 aromatic rings. The van der Waals surface area contributed by atoms with Crippen molar-refractivity contribution in [2.24, 2.45) is 5.92 Å². The lowest BCUT2D eigenvalue weighted by atomic mass is 9.82. The standard InChI is InChI=1S/C15H25BN2O2/c1-11-7-6-8-13(11)18-10-12(9-17-18)16-19-14(2,3)15(4,5)20-16/h9-11,13H,6-8H2,1-5H3/t11-,13+/m1/s1. The van der Waals surface area contributed by atoms with Crippen LogP contribution in [-0.4, -0.2) is 28.1 Å². The van der Waals surface area contributed by atoms with Gasteiger partial charge in [-0.2, -0.15) is 5.10 Å². The van der Waals surface area contributed by atoms with Crippen LogP contribution in [0.4, 0.5) is 0 Å². The number of nitrogens with zero attached hydrogens (tertiary/aromatic N) is 2. The SMILES string of the molecule is C[C@@H]1CCC[C@@H]1n1cc(B2OC(C)(C)C(C)(C)O2)cn1. The van der Waals surface area contributed by atoms with Gasteiger partial charge < -0.3 is 9.31 Å². The molecule has 0 spiro atoms. The maximum Gasteiger partial charge on any atom is 0.498 e. The van der Waals surface area contributed by atoms with Gasteiger partial charge in [-0.05, 0) is 46.5 Å². The Morgan fingerprint density at radius 1 is 1.20 bits per heavy atom. The second-order valence-corrected chi connectivity index (χ2v) is 7.32. The van der Waals surface area contributed by atoms with E-state index in [9.17, 15) is 0 Å². The van der Waals surface area contributed by atoms with Crippen LogP contribution in [0.1, 0.15) is 59.9 Å². The highest BCUT2D eigenvalue weighted by Gasteiger charge is 2.52. The zero-order valence-corrected chi connectivity index (χ0v) is 13.2. The minimum Gasteiger partial charge on any atom is -0.399 e. The zero-order valence-electron chi connectivity index (χ0n) is 13.2. The monoisotopic (exact) mass is 276 g/mol. The van der Waals surface area contributed by atoms with Crippen molar-refractivity contribution in [2.45, 2.75) is 71.1 Å². The Morgan fingerprint density at radius 2 is 1.85 bits per heavy atom. The molecule has 0 bridgehead atoms. The van der Waals surface area contributed by atoms with Gasteiger partial charge in [0.2, 0.25) is 0 Å². The Balaban J connectivity index is 1.78. The van der Waals surface area contributed by atoms with Gasteiger partial charge in [-0.25, -0.2) is 0 Å². The van der Waals surface area contributed by atoms with Crippen molar-refractivity contribution in [3.63, 3.8) is 0 Å². The summed E-state index contributed by atoms with van der Waals surface area (Å²) < 4.78 is 14.3. The molecule has 2 fully saturated rings. The number of hydrogen-bond acceptors (Lipinski definition) is 3. The molecule has 0 N–H and O–H groups in total. The Kier molecular flexibility index (Phi) is 3.25. The number of aromatic nitrogens is 2. The van der Waals surface area contributed by atoms with E-state index in [1.807, 2.05) is 6.20 Å². The van der Waals surface area contributed by atoms with E-state index in [4.69, 9.17) is 9.31 Å². The first-order chi connectivity index (χ1) is 9.30. The van der Waals surface area contributed by atoms with E-state index in [2.05, 4.69) is 50.6 Å². The van der Waals surface area contributed by atoms with Crippen molar-refractivity contribution < 1.29 is 9.31 Å². The lowest BCUT2D eigenvalue weighted by molar-refractivity contribution is 0.00578. The number of hydrogen-bond donors (Lipinski definition) is 0. The Labute approximate surface area is 122 Å². The summed E-state index contributed by atoms with van der Waals surface area (Å²) in [6.07, 6.45) is 7.83. The quantitative estimate of drug-likeness (QED) is 0.779. The van der Waals surface area contributed by atoms with Gasteiger partial charge in [0.25, 0.3) is 0 Å². The van der Waals surface area contributed by atoms with Crippen LogP contribution in [0.15, 0.2) is 12.4 Å². The van der Waals surface area contributed by atoms with E-state index in [1.54, 1.807) is 0 Å². The molecule has 0 amide bonds. The van der Waals surface area contributed by atoms with Crippen LogP contribution in [0.25, 0.3) is 0 Å². The molecule has 0 radical (unpaired) electrons. The molecule has 1 aliphatic carbocycles. The zero-order chi connectivity index (χ0) is 14.5. The van der Waals surface area contributed by atoms with Crippen LogP contribution in [0.2, 0.25) is 0 Å². The van der Waals surface area contributed by atoms with Gasteiger partial charge >= 0.3 is 7.12 Å². The van der Waals surface area contributed by atoms with Gasteiger partial charge in [0.1, 0.15) is 0 Å². The van der Waals surface area contributed by atoms with Gasteiger partial charge in [-0.15, -0.1) is 0 Å². The van der Waals surface area contributed by atoms with E-state index in [0.29, 0.717) is 12.0 Å². The van der Waals surface area contributed by atoms with Crippen LogP contribution >= 0.6 is 0 Å². The lowest BCUT2D eigenvalue weighted by Crippen LogP contribution is -2.41. The fraction of sp³-hybridized carbons (Fsp3) is 0.800. The molecule has 110 valence electrons. The maximum atomic E-state index is 6.08. The van der Waals surface area contributed by atoms with Gasteiger partial charge in [-0.3, -0.25) is 4.68 Å². The first kappa shape index (κ1) is 14.1. The van der Waals surface area contributed by atoms with Crippen LogP contribution in [0.5, 0.6) is 0 Å². The van der Waals surface area contributed by atoms with Crippen molar-refractivity contribution >= 4 is 12.6 Å². The van der Waals surface area contributed by atoms with Crippen molar-refractivity contribution in [2.75, 3.05) is 0 Å². The molecular formula is C15H25BN2O2. The van der Waals surface area contributed by atoms with Crippen LogP contribution in [0, 0.1) is 5.92 Å². The van der Waals surface area contributed by atoms with Gasteiger partial charge in [0, 0.05) is 17.9 Å². The third kappa shape index (κ3) is 2.21. The van der Waals surface area contributed by atoms with E-state index >= 15 is 0 Å². The first-order valence-corrected chi connectivity index (χ1v) is 7.70. The average molecular weight is 276 g/mol. The van der Waals surface area contributed by atoms with Crippen LogP contribution in [-0.2, 0) is 9.31 Å². The fourth-order valence-electron chi connectivity index (χ4n) is 3.15. The molecule has 1 saturated heterocycles. The molecule has 3 rings (SSSR count). The normalized spacial score (nSPS) is 31.9. The molecule has 1 saturated carbocycles. The molecule has 20 heavy (non-hydrogen) atoms. The van der Waals surface area contributed by atoms with E-state index in [1.165, 1.54) is 19.3 Å². The highest BCUT2D eigenvalue weighted by molar-refractivity contribution is 6.61. The second-order valence-electron chi connectivity index (χ2n) is 7.32. The third-order valence-corrected chi connectivity index (χ3v) is 5.30. The summed E-state index contributed by atoms with van der Waals surface area (Å²) in [5.41, 5.74) is 0.448. The maximum absolute atomic E-state index is 6.08. The van der Waals surface area contributed by atoms with Crippen molar-refractivity contribution in [1.29, 1.82) is 0 Å². The summed E-state index contributed by atoms with van der Waals surface area (Å²) in [4.78, 5) is 0. The first-order valence-electron chi connectivity index (χ1n) is 7.70. The smallest absolute Gasteiger partial charge is 0.399 e. The van der Waals surface area contributed by atoms with E-state index < -0.39 is 0 Å². The minimum absolute atomic E-state index is 0.291. The van der Waals surface area contributed by atoms with Gasteiger partial charge in [0.05, 0.1) is 17.2 Å². The Morgan fingerprint density at radius 3 is 2.40 bits per heavy atom. The number of rotatable bonds is 2.